The number of carbonyl (C=O) groups is 1. The minimum absolute atomic E-state index is 0.173. The van der Waals surface area contributed by atoms with Crippen LogP contribution < -0.4 is 10.1 Å². The van der Waals surface area contributed by atoms with Crippen molar-refractivity contribution in [2.75, 3.05) is 5.32 Å². The number of anilines is 1. The second kappa shape index (κ2) is 7.62. The van der Waals surface area contributed by atoms with Crippen LogP contribution in [0.25, 0.3) is 0 Å². The van der Waals surface area contributed by atoms with Gasteiger partial charge in [0.05, 0.1) is 5.56 Å². The molecule has 0 radical (unpaired) electrons. The van der Waals surface area contributed by atoms with Crippen molar-refractivity contribution in [1.82, 2.24) is 5.16 Å². The molecule has 0 aliphatic heterocycles. The van der Waals surface area contributed by atoms with Crippen LogP contribution in [0.15, 0.2) is 47.0 Å². The maximum Gasteiger partial charge on any atom is 0.278 e. The number of benzene rings is 2. The summed E-state index contributed by atoms with van der Waals surface area (Å²) in [6.07, 6.45) is 0. The number of halogens is 1. The summed E-state index contributed by atoms with van der Waals surface area (Å²) in [4.78, 5) is 12.6. The molecule has 1 aromatic heterocycles. The first-order chi connectivity index (χ1) is 12.4. The Kier molecular flexibility index (Phi) is 5.28. The lowest BCUT2D eigenvalue weighted by Gasteiger charge is -2.08. The van der Waals surface area contributed by atoms with E-state index in [2.05, 4.69) is 10.5 Å². The van der Waals surface area contributed by atoms with Gasteiger partial charge >= 0.3 is 0 Å². The largest absolute Gasteiger partial charge is 0.489 e. The Morgan fingerprint density at radius 2 is 1.85 bits per heavy atom. The summed E-state index contributed by atoms with van der Waals surface area (Å²) in [7, 11) is 0. The highest BCUT2D eigenvalue weighted by molar-refractivity contribution is 6.30. The Hall–Kier alpha value is -2.79. The monoisotopic (exact) mass is 370 g/mol. The summed E-state index contributed by atoms with van der Waals surface area (Å²) >= 11 is 5.87. The van der Waals surface area contributed by atoms with Crippen LogP contribution >= 0.6 is 11.6 Å². The molecule has 134 valence electrons. The SMILES string of the molecule is Cc1ccc(NC(=O)c2noc(C)c2COc2ccc(Cl)cc2)cc1C. The second-order valence-electron chi connectivity index (χ2n) is 6.06. The maximum absolute atomic E-state index is 12.6. The molecule has 1 N–H and O–H groups in total. The van der Waals surface area contributed by atoms with Crippen LogP contribution in [-0.2, 0) is 6.61 Å². The summed E-state index contributed by atoms with van der Waals surface area (Å²) in [6, 6.07) is 12.8. The fourth-order valence-corrected chi connectivity index (χ4v) is 2.56. The Balaban J connectivity index is 1.74. The Bertz CT molecular complexity index is 933. The summed E-state index contributed by atoms with van der Waals surface area (Å²) in [5.41, 5.74) is 3.81. The van der Waals surface area contributed by atoms with Gasteiger partial charge in [0.1, 0.15) is 18.1 Å². The first-order valence-corrected chi connectivity index (χ1v) is 8.54. The van der Waals surface area contributed by atoms with E-state index in [-0.39, 0.29) is 18.2 Å². The van der Waals surface area contributed by atoms with Gasteiger partial charge in [0.25, 0.3) is 5.91 Å². The van der Waals surface area contributed by atoms with Crippen molar-refractivity contribution in [3.63, 3.8) is 0 Å². The Morgan fingerprint density at radius 1 is 1.12 bits per heavy atom. The third-order valence-corrected chi connectivity index (χ3v) is 4.41. The van der Waals surface area contributed by atoms with E-state index < -0.39 is 0 Å². The van der Waals surface area contributed by atoms with Crippen molar-refractivity contribution >= 4 is 23.2 Å². The smallest absolute Gasteiger partial charge is 0.278 e. The van der Waals surface area contributed by atoms with E-state index in [9.17, 15) is 4.79 Å². The number of ether oxygens (including phenoxy) is 1. The second-order valence-corrected chi connectivity index (χ2v) is 6.50. The fourth-order valence-electron chi connectivity index (χ4n) is 2.44. The van der Waals surface area contributed by atoms with E-state index >= 15 is 0 Å². The number of rotatable bonds is 5. The topological polar surface area (TPSA) is 64.4 Å². The number of hydrogen-bond donors (Lipinski definition) is 1. The Labute approximate surface area is 156 Å². The average Bonchev–Trinajstić information content (AvgIpc) is 2.98. The standard InChI is InChI=1S/C20H19ClN2O3/c1-12-4-7-16(10-13(12)2)22-20(24)19-18(14(3)26-23-19)11-25-17-8-5-15(21)6-9-17/h4-10H,11H2,1-3H3,(H,22,24). The lowest BCUT2D eigenvalue weighted by atomic mass is 10.1. The summed E-state index contributed by atoms with van der Waals surface area (Å²) in [5.74, 6) is 0.861. The average molecular weight is 371 g/mol. The third-order valence-electron chi connectivity index (χ3n) is 4.16. The van der Waals surface area contributed by atoms with Gasteiger partial charge in [-0.25, -0.2) is 0 Å². The van der Waals surface area contributed by atoms with Gasteiger partial charge in [-0.2, -0.15) is 0 Å². The van der Waals surface area contributed by atoms with Crippen molar-refractivity contribution in [1.29, 1.82) is 0 Å². The van der Waals surface area contributed by atoms with Crippen LogP contribution in [0.2, 0.25) is 5.02 Å². The minimum Gasteiger partial charge on any atom is -0.489 e. The van der Waals surface area contributed by atoms with E-state index in [0.29, 0.717) is 27.8 Å². The maximum atomic E-state index is 12.6. The number of amides is 1. The van der Waals surface area contributed by atoms with E-state index in [1.165, 1.54) is 0 Å². The highest BCUT2D eigenvalue weighted by atomic mass is 35.5. The predicted molar refractivity (Wildman–Crippen MR) is 101 cm³/mol. The minimum atomic E-state index is -0.334. The zero-order valence-corrected chi connectivity index (χ0v) is 15.6. The molecule has 2 aromatic carbocycles. The van der Waals surface area contributed by atoms with Crippen molar-refractivity contribution in [2.45, 2.75) is 27.4 Å². The van der Waals surface area contributed by atoms with Crippen LogP contribution in [0, 0.1) is 20.8 Å². The molecule has 0 aliphatic rings. The first kappa shape index (κ1) is 18.0. The zero-order chi connectivity index (χ0) is 18.7. The molecule has 6 heteroatoms. The van der Waals surface area contributed by atoms with E-state index in [1.807, 2.05) is 32.0 Å². The number of nitrogens with zero attached hydrogens (tertiary/aromatic N) is 1. The van der Waals surface area contributed by atoms with Gasteiger partial charge in [-0.1, -0.05) is 22.8 Å². The number of hydrogen-bond acceptors (Lipinski definition) is 4. The number of carbonyl (C=O) groups excluding carboxylic acids is 1. The van der Waals surface area contributed by atoms with E-state index in [4.69, 9.17) is 20.9 Å². The molecule has 1 heterocycles. The normalized spacial score (nSPS) is 10.6. The summed E-state index contributed by atoms with van der Waals surface area (Å²) < 4.78 is 10.9. The van der Waals surface area contributed by atoms with Crippen molar-refractivity contribution in [2.24, 2.45) is 0 Å². The van der Waals surface area contributed by atoms with Crippen LogP contribution in [0.5, 0.6) is 5.75 Å². The van der Waals surface area contributed by atoms with Gasteiger partial charge in [0.2, 0.25) is 0 Å². The van der Waals surface area contributed by atoms with E-state index in [0.717, 1.165) is 11.1 Å². The molecule has 0 saturated heterocycles. The summed E-state index contributed by atoms with van der Waals surface area (Å²) in [5, 5.41) is 7.37. The molecule has 0 atom stereocenters. The van der Waals surface area contributed by atoms with Gasteiger partial charge in [0, 0.05) is 10.7 Å². The van der Waals surface area contributed by atoms with Crippen LogP contribution in [0.1, 0.15) is 32.9 Å². The lowest BCUT2D eigenvalue weighted by molar-refractivity contribution is 0.101. The first-order valence-electron chi connectivity index (χ1n) is 8.16. The molecule has 0 aliphatic carbocycles. The molecule has 26 heavy (non-hydrogen) atoms. The summed E-state index contributed by atoms with van der Waals surface area (Å²) in [6.45, 7) is 5.94. The van der Waals surface area contributed by atoms with Gasteiger partial charge in [-0.3, -0.25) is 4.79 Å². The quantitative estimate of drug-likeness (QED) is 0.679. The molecular weight excluding hydrogens is 352 g/mol. The fraction of sp³-hybridized carbons (Fsp3) is 0.200. The van der Waals surface area contributed by atoms with Gasteiger partial charge in [-0.15, -0.1) is 0 Å². The highest BCUT2D eigenvalue weighted by Crippen LogP contribution is 2.21. The lowest BCUT2D eigenvalue weighted by Crippen LogP contribution is -2.15. The zero-order valence-electron chi connectivity index (χ0n) is 14.8. The van der Waals surface area contributed by atoms with Gasteiger partial charge in [0.15, 0.2) is 5.69 Å². The Morgan fingerprint density at radius 3 is 2.54 bits per heavy atom. The van der Waals surface area contributed by atoms with Crippen molar-refractivity contribution in [3.8, 4) is 5.75 Å². The van der Waals surface area contributed by atoms with Crippen LogP contribution in [-0.4, -0.2) is 11.1 Å². The number of aromatic nitrogens is 1. The molecule has 0 spiro atoms. The molecular formula is C20H19ClN2O3. The molecule has 0 fully saturated rings. The predicted octanol–water partition coefficient (Wildman–Crippen LogP) is 5.08. The van der Waals surface area contributed by atoms with Crippen molar-refractivity contribution < 1.29 is 14.1 Å². The molecule has 0 unspecified atom stereocenters. The van der Waals surface area contributed by atoms with Crippen molar-refractivity contribution in [3.05, 3.63) is 75.6 Å². The van der Waals surface area contributed by atoms with E-state index in [1.54, 1.807) is 31.2 Å². The van der Waals surface area contributed by atoms with Crippen LogP contribution in [0.3, 0.4) is 0 Å². The number of nitrogens with one attached hydrogen (secondary N) is 1. The van der Waals surface area contributed by atoms with Crippen LogP contribution in [0.4, 0.5) is 5.69 Å². The molecule has 5 nitrogen and oxygen atoms in total. The van der Waals surface area contributed by atoms with Gasteiger partial charge in [-0.05, 0) is 68.3 Å². The molecule has 0 bridgehead atoms. The highest BCUT2D eigenvalue weighted by Gasteiger charge is 2.20. The molecule has 3 rings (SSSR count). The van der Waals surface area contributed by atoms with Gasteiger partial charge < -0.3 is 14.6 Å². The molecule has 3 aromatic rings. The third kappa shape index (κ3) is 4.06. The number of aryl methyl sites for hydroxylation is 3. The molecule has 1 amide bonds. The molecule has 0 saturated carbocycles.